The number of sulfonamides is 1. The Labute approximate surface area is 249 Å². The van der Waals surface area contributed by atoms with Gasteiger partial charge >= 0.3 is 0 Å². The minimum Gasteiger partial charge on any atom is -0.366 e. The summed E-state index contributed by atoms with van der Waals surface area (Å²) in [6, 6.07) is 10.9. The zero-order chi connectivity index (χ0) is 29.3. The number of rotatable bonds is 8. The van der Waals surface area contributed by atoms with E-state index >= 15 is 0 Å². The highest BCUT2D eigenvalue weighted by Gasteiger charge is 2.31. The molecule has 2 saturated heterocycles. The van der Waals surface area contributed by atoms with Gasteiger partial charge in [-0.25, -0.2) is 18.4 Å². The third-order valence-electron chi connectivity index (χ3n) is 7.83. The van der Waals surface area contributed by atoms with E-state index in [1.165, 1.54) is 17.7 Å². The van der Waals surface area contributed by atoms with Gasteiger partial charge in [-0.3, -0.25) is 9.69 Å². The van der Waals surface area contributed by atoms with Gasteiger partial charge in [-0.15, -0.1) is 11.3 Å². The molecule has 1 atom stereocenters. The Bertz CT molecular complexity index is 1670. The molecule has 6 rings (SSSR count). The molecular weight excluding hydrogens is 574 g/mol. The zero-order valence-corrected chi connectivity index (χ0v) is 25.5. The zero-order valence-electron chi connectivity index (χ0n) is 23.8. The van der Waals surface area contributed by atoms with Crippen LogP contribution >= 0.6 is 11.3 Å². The molecule has 0 unspecified atom stereocenters. The number of anilines is 1. The summed E-state index contributed by atoms with van der Waals surface area (Å²) >= 11 is 1.20. The van der Waals surface area contributed by atoms with Crippen molar-refractivity contribution in [3.63, 3.8) is 0 Å². The van der Waals surface area contributed by atoms with Crippen LogP contribution in [-0.2, 0) is 10.0 Å². The summed E-state index contributed by atoms with van der Waals surface area (Å²) in [6.07, 6.45) is 4.74. The fraction of sp³-hybridized carbons (Fsp3) is 0.448. The second-order valence-corrected chi connectivity index (χ2v) is 14.2. The van der Waals surface area contributed by atoms with E-state index in [9.17, 15) is 13.2 Å². The molecule has 1 amide bonds. The number of piperazine rings is 1. The summed E-state index contributed by atoms with van der Waals surface area (Å²) in [4.78, 5) is 27.1. The smallest absolute Gasteiger partial charge is 0.256 e. The molecular formula is C29H35N7O4S2. The van der Waals surface area contributed by atoms with Crippen LogP contribution in [0.3, 0.4) is 0 Å². The van der Waals surface area contributed by atoms with Crippen LogP contribution in [0, 0.1) is 6.92 Å². The number of carbonyl (C=O) groups excluding carboxylic acids is 1. The summed E-state index contributed by atoms with van der Waals surface area (Å²) in [5.74, 6) is 1.29. The van der Waals surface area contributed by atoms with Gasteiger partial charge in [0.15, 0.2) is 5.76 Å². The molecule has 2 fully saturated rings. The molecule has 0 bridgehead atoms. The molecule has 0 aliphatic carbocycles. The van der Waals surface area contributed by atoms with Crippen LogP contribution in [0.5, 0.6) is 0 Å². The molecule has 11 nitrogen and oxygen atoms in total. The fourth-order valence-electron chi connectivity index (χ4n) is 5.66. The monoisotopic (exact) mass is 609 g/mol. The van der Waals surface area contributed by atoms with E-state index in [4.69, 9.17) is 4.52 Å². The molecule has 222 valence electrons. The number of amides is 1. The third kappa shape index (κ3) is 5.91. The van der Waals surface area contributed by atoms with Crippen LogP contribution in [0.25, 0.3) is 21.5 Å². The predicted molar refractivity (Wildman–Crippen MR) is 162 cm³/mol. The molecule has 2 aliphatic heterocycles. The van der Waals surface area contributed by atoms with Gasteiger partial charge in [-0.2, -0.15) is 4.31 Å². The highest BCUT2D eigenvalue weighted by Crippen LogP contribution is 2.33. The van der Waals surface area contributed by atoms with Crippen LogP contribution in [-0.4, -0.2) is 95.4 Å². The first kappa shape index (κ1) is 28.7. The Morgan fingerprint density at radius 3 is 2.57 bits per heavy atom. The van der Waals surface area contributed by atoms with Crippen LogP contribution in [0.1, 0.15) is 42.2 Å². The molecule has 42 heavy (non-hydrogen) atoms. The van der Waals surface area contributed by atoms with Gasteiger partial charge in [0.25, 0.3) is 15.9 Å². The van der Waals surface area contributed by atoms with E-state index in [-0.39, 0.29) is 11.9 Å². The number of aryl methyl sites for hydroxylation is 1. The normalized spacial score (nSPS) is 17.9. The number of hydrogen-bond acceptors (Lipinski definition) is 10. The van der Waals surface area contributed by atoms with Gasteiger partial charge in [-0.1, -0.05) is 11.2 Å². The Morgan fingerprint density at radius 1 is 1.05 bits per heavy atom. The molecule has 13 heteroatoms. The van der Waals surface area contributed by atoms with Crippen molar-refractivity contribution in [1.82, 2.24) is 29.2 Å². The van der Waals surface area contributed by atoms with Gasteiger partial charge in [0.1, 0.15) is 16.4 Å². The topological polar surface area (TPSA) is 125 Å². The molecule has 2 aliphatic rings. The quantitative estimate of drug-likeness (QED) is 0.315. The second kappa shape index (κ2) is 12.1. The van der Waals surface area contributed by atoms with Crippen molar-refractivity contribution < 1.29 is 17.7 Å². The van der Waals surface area contributed by atoms with Crippen molar-refractivity contribution in [2.45, 2.75) is 43.4 Å². The molecule has 4 aromatic rings. The van der Waals surface area contributed by atoms with Crippen molar-refractivity contribution in [3.05, 3.63) is 54.0 Å². The number of hydrogen-bond donors (Lipinski definition) is 1. The number of fused-ring (bicyclic) bond motifs is 1. The van der Waals surface area contributed by atoms with Crippen LogP contribution < -0.4 is 5.32 Å². The Kier molecular flexibility index (Phi) is 8.26. The molecule has 5 heterocycles. The highest BCUT2D eigenvalue weighted by atomic mass is 32.2. The van der Waals surface area contributed by atoms with Crippen LogP contribution in [0.2, 0.25) is 0 Å². The van der Waals surface area contributed by atoms with Gasteiger partial charge in [0, 0.05) is 63.3 Å². The van der Waals surface area contributed by atoms with E-state index < -0.39 is 10.0 Å². The average molecular weight is 610 g/mol. The van der Waals surface area contributed by atoms with Crippen LogP contribution in [0.15, 0.2) is 51.5 Å². The van der Waals surface area contributed by atoms with Crippen molar-refractivity contribution in [1.29, 1.82) is 0 Å². The fourth-order valence-corrected chi connectivity index (χ4v) is 8.49. The Hall–Kier alpha value is -3.39. The first-order valence-electron chi connectivity index (χ1n) is 14.3. The van der Waals surface area contributed by atoms with E-state index in [0.717, 1.165) is 54.9 Å². The predicted octanol–water partition coefficient (Wildman–Crippen LogP) is 4.09. The number of piperidine rings is 1. The maximum Gasteiger partial charge on any atom is 0.256 e. The number of para-hydroxylation sites is 1. The van der Waals surface area contributed by atoms with Crippen molar-refractivity contribution in [2.75, 3.05) is 51.1 Å². The lowest BCUT2D eigenvalue weighted by Gasteiger charge is -2.35. The van der Waals surface area contributed by atoms with E-state index in [2.05, 4.69) is 32.3 Å². The number of aromatic nitrogens is 3. The largest absolute Gasteiger partial charge is 0.366 e. The van der Waals surface area contributed by atoms with Gasteiger partial charge in [0.2, 0.25) is 0 Å². The number of carbonyl (C=O) groups is 1. The maximum atomic E-state index is 13.3. The van der Waals surface area contributed by atoms with Crippen molar-refractivity contribution >= 4 is 44.0 Å². The summed E-state index contributed by atoms with van der Waals surface area (Å²) in [5, 5.41) is 8.22. The Morgan fingerprint density at radius 2 is 1.83 bits per heavy atom. The SMILES string of the molecule is Cc1cc(-c2ccc(S(=O)(=O)N3CCN(C[C@H](C)Nc4ncnc5c(C(=O)N6CCCCC6)cccc45)CC3)s2)on1. The summed E-state index contributed by atoms with van der Waals surface area (Å²) < 4.78 is 33.8. The van der Waals surface area contributed by atoms with Crippen molar-refractivity contribution in [2.24, 2.45) is 0 Å². The van der Waals surface area contributed by atoms with Gasteiger partial charge in [0.05, 0.1) is 21.7 Å². The molecule has 0 spiro atoms. The summed E-state index contributed by atoms with van der Waals surface area (Å²) in [5.41, 5.74) is 2.02. The minimum absolute atomic E-state index is 0.0256. The highest BCUT2D eigenvalue weighted by molar-refractivity contribution is 7.91. The molecule has 1 aromatic carbocycles. The molecule has 0 saturated carbocycles. The average Bonchev–Trinajstić information content (AvgIpc) is 3.67. The van der Waals surface area contributed by atoms with Crippen LogP contribution in [0.4, 0.5) is 5.82 Å². The lowest BCUT2D eigenvalue weighted by molar-refractivity contribution is 0.0726. The number of benzene rings is 1. The number of likely N-dealkylation sites (tertiary alicyclic amines) is 1. The molecule has 0 radical (unpaired) electrons. The number of nitrogens with zero attached hydrogens (tertiary/aromatic N) is 6. The lowest BCUT2D eigenvalue weighted by atomic mass is 10.1. The van der Waals surface area contributed by atoms with Gasteiger partial charge in [-0.05, 0) is 57.4 Å². The summed E-state index contributed by atoms with van der Waals surface area (Å²) in [6.45, 7) is 8.30. The van der Waals surface area contributed by atoms with Gasteiger partial charge < -0.3 is 14.7 Å². The van der Waals surface area contributed by atoms with E-state index in [1.807, 2.05) is 30.0 Å². The van der Waals surface area contributed by atoms with E-state index in [0.29, 0.717) is 53.0 Å². The summed E-state index contributed by atoms with van der Waals surface area (Å²) in [7, 11) is -3.59. The number of nitrogens with one attached hydrogen (secondary N) is 1. The maximum absolute atomic E-state index is 13.3. The standard InChI is InChI=1S/C29H35N7O4S2/c1-20-17-24(40-33-20)25-9-10-26(41-25)42(38,39)36-15-13-34(14-16-36)18-21(2)32-28-22-7-6-8-23(27(22)30-19-31-28)29(37)35-11-4-3-5-12-35/h6-10,17,19,21H,3-5,11-16,18H2,1-2H3,(H,30,31,32)/t21-/m0/s1. The number of thiophene rings is 1. The van der Waals surface area contributed by atoms with E-state index in [1.54, 1.807) is 22.5 Å². The minimum atomic E-state index is -3.59. The Balaban J connectivity index is 1.07. The second-order valence-electron chi connectivity index (χ2n) is 11.0. The first-order valence-corrected chi connectivity index (χ1v) is 16.6. The lowest BCUT2D eigenvalue weighted by Crippen LogP contribution is -2.50. The third-order valence-corrected chi connectivity index (χ3v) is 11.3. The first-order chi connectivity index (χ1) is 20.3. The van der Waals surface area contributed by atoms with Crippen molar-refractivity contribution in [3.8, 4) is 10.6 Å². The molecule has 3 aromatic heterocycles. The molecule has 1 N–H and O–H groups in total.